The van der Waals surface area contributed by atoms with Crippen molar-refractivity contribution >= 4 is 29.3 Å². The number of carbonyl (C=O) groups is 3. The molecule has 0 fully saturated rings. The Morgan fingerprint density at radius 1 is 0.971 bits per heavy atom. The summed E-state index contributed by atoms with van der Waals surface area (Å²) in [5.74, 6) is -1.18. The zero-order valence-corrected chi connectivity index (χ0v) is 19.6. The van der Waals surface area contributed by atoms with Crippen LogP contribution in [0.5, 0.6) is 11.5 Å². The van der Waals surface area contributed by atoms with Crippen LogP contribution in [0.3, 0.4) is 0 Å². The minimum Gasteiger partial charge on any atom is -0.497 e. The normalized spacial score (nSPS) is 11.5. The minimum atomic E-state index is -1.13. The van der Waals surface area contributed by atoms with Gasteiger partial charge in [-0.2, -0.15) is 0 Å². The highest BCUT2D eigenvalue weighted by molar-refractivity contribution is 6.01. The van der Waals surface area contributed by atoms with Crippen LogP contribution in [-0.4, -0.2) is 48.4 Å². The first-order valence-corrected chi connectivity index (χ1v) is 10.6. The van der Waals surface area contributed by atoms with Gasteiger partial charge in [0.1, 0.15) is 23.2 Å². The molecule has 11 nitrogen and oxygen atoms in total. The Morgan fingerprint density at radius 2 is 1.69 bits per heavy atom. The summed E-state index contributed by atoms with van der Waals surface area (Å²) in [4.78, 5) is 36.0. The second kappa shape index (κ2) is 11.1. The van der Waals surface area contributed by atoms with Gasteiger partial charge in [-0.15, -0.1) is 0 Å². The molecule has 0 aliphatic carbocycles. The summed E-state index contributed by atoms with van der Waals surface area (Å²) in [6.07, 6.45) is 0. The van der Waals surface area contributed by atoms with Gasteiger partial charge < -0.3 is 35.1 Å². The zero-order chi connectivity index (χ0) is 25.5. The van der Waals surface area contributed by atoms with Crippen LogP contribution < -0.4 is 25.4 Å². The molecule has 1 atom stereocenters. The number of carboxylic acid groups (broad SMARTS) is 1. The maximum atomic E-state index is 12.4. The molecule has 0 bridgehead atoms. The van der Waals surface area contributed by atoms with E-state index in [0.717, 1.165) is 0 Å². The lowest BCUT2D eigenvalue weighted by Gasteiger charge is -2.16. The van der Waals surface area contributed by atoms with E-state index in [1.807, 2.05) is 0 Å². The molecule has 0 unspecified atom stereocenters. The van der Waals surface area contributed by atoms with Crippen LogP contribution in [0, 0.1) is 5.92 Å². The zero-order valence-electron chi connectivity index (χ0n) is 19.6. The average molecular weight is 482 g/mol. The third kappa shape index (κ3) is 6.28. The molecule has 3 rings (SSSR count). The summed E-state index contributed by atoms with van der Waals surface area (Å²) < 4.78 is 15.5. The molecular formula is C24H26N4O7. The van der Waals surface area contributed by atoms with E-state index in [1.54, 1.807) is 56.3 Å². The number of hydrogen-bond donors (Lipinski definition) is 4. The summed E-state index contributed by atoms with van der Waals surface area (Å²) in [6.45, 7) is 3.38. The number of benzene rings is 2. The number of carbonyl (C=O) groups excluding carboxylic acids is 2. The Morgan fingerprint density at radius 3 is 2.29 bits per heavy atom. The van der Waals surface area contributed by atoms with Gasteiger partial charge in [-0.1, -0.05) is 31.1 Å². The standard InChI is InChI=1S/C24H26N4O7/c1-13(2)21(23(30)31)27-22(29)20-12-18(28-35-20)14-5-7-15(8-6-14)25-24(32)26-17-10-9-16(33-3)11-19(17)34-4/h5-13,21H,1-4H3,(H,27,29)(H,30,31)(H2,25,26,32)/t21-/m0/s1. The maximum absolute atomic E-state index is 12.4. The Bertz CT molecular complexity index is 1200. The lowest BCUT2D eigenvalue weighted by atomic mass is 10.0. The van der Waals surface area contributed by atoms with E-state index in [2.05, 4.69) is 21.1 Å². The highest BCUT2D eigenvalue weighted by atomic mass is 16.5. The quantitative estimate of drug-likeness (QED) is 0.359. The molecule has 0 radical (unpaired) electrons. The molecule has 0 saturated carbocycles. The fraction of sp³-hybridized carbons (Fsp3) is 0.250. The summed E-state index contributed by atoms with van der Waals surface area (Å²) in [7, 11) is 3.03. The number of rotatable bonds is 9. The number of carboxylic acids is 1. The van der Waals surface area contributed by atoms with Gasteiger partial charge in [-0.25, -0.2) is 9.59 Å². The van der Waals surface area contributed by atoms with Crippen molar-refractivity contribution in [2.45, 2.75) is 19.9 Å². The van der Waals surface area contributed by atoms with Crippen molar-refractivity contribution in [3.63, 3.8) is 0 Å². The number of urea groups is 1. The van der Waals surface area contributed by atoms with E-state index in [9.17, 15) is 19.5 Å². The number of aliphatic carboxylic acids is 1. The fourth-order valence-electron chi connectivity index (χ4n) is 3.15. The number of nitrogens with zero attached hydrogens (tertiary/aromatic N) is 1. The van der Waals surface area contributed by atoms with Crippen molar-refractivity contribution in [3.05, 3.63) is 54.3 Å². The highest BCUT2D eigenvalue weighted by Gasteiger charge is 2.26. The Labute approximate surface area is 201 Å². The number of amides is 3. The maximum Gasteiger partial charge on any atom is 0.326 e. The average Bonchev–Trinajstić information content (AvgIpc) is 3.33. The third-order valence-corrected chi connectivity index (χ3v) is 5.05. The molecule has 35 heavy (non-hydrogen) atoms. The van der Waals surface area contributed by atoms with E-state index < -0.39 is 23.9 Å². The second-order valence-corrected chi connectivity index (χ2v) is 7.83. The SMILES string of the molecule is COc1ccc(NC(=O)Nc2ccc(-c3cc(C(=O)N[C@H](C(=O)O)C(C)C)on3)cc2)c(OC)c1. The molecule has 0 aliphatic rings. The molecule has 1 heterocycles. The Hall–Kier alpha value is -4.54. The molecule has 4 N–H and O–H groups in total. The lowest BCUT2D eigenvalue weighted by Crippen LogP contribution is -2.44. The number of anilines is 2. The van der Waals surface area contributed by atoms with Gasteiger partial charge in [-0.05, 0) is 30.2 Å². The Balaban J connectivity index is 1.63. The third-order valence-electron chi connectivity index (χ3n) is 5.05. The molecule has 184 valence electrons. The van der Waals surface area contributed by atoms with Gasteiger partial charge in [0.15, 0.2) is 0 Å². The van der Waals surface area contributed by atoms with Crippen LogP contribution in [0.1, 0.15) is 24.4 Å². The smallest absolute Gasteiger partial charge is 0.326 e. The number of methoxy groups -OCH3 is 2. The van der Waals surface area contributed by atoms with E-state index >= 15 is 0 Å². The monoisotopic (exact) mass is 482 g/mol. The molecule has 1 aromatic heterocycles. The second-order valence-electron chi connectivity index (χ2n) is 7.83. The van der Waals surface area contributed by atoms with Gasteiger partial charge in [-0.3, -0.25) is 4.79 Å². The lowest BCUT2D eigenvalue weighted by molar-refractivity contribution is -0.140. The summed E-state index contributed by atoms with van der Waals surface area (Å²) in [6, 6.07) is 11.6. The molecule has 2 aromatic carbocycles. The van der Waals surface area contributed by atoms with Gasteiger partial charge in [0.25, 0.3) is 5.91 Å². The molecule has 0 aliphatic heterocycles. The van der Waals surface area contributed by atoms with Crippen LogP contribution >= 0.6 is 0 Å². The van der Waals surface area contributed by atoms with E-state index in [4.69, 9.17) is 14.0 Å². The summed E-state index contributed by atoms with van der Waals surface area (Å²) >= 11 is 0. The van der Waals surface area contributed by atoms with Gasteiger partial charge in [0.05, 0.1) is 19.9 Å². The van der Waals surface area contributed by atoms with Crippen LogP contribution in [0.25, 0.3) is 11.3 Å². The van der Waals surface area contributed by atoms with Crippen molar-refractivity contribution in [2.75, 3.05) is 24.9 Å². The molecule has 11 heteroatoms. The fourth-order valence-corrected chi connectivity index (χ4v) is 3.15. The first kappa shape index (κ1) is 25.1. The molecule has 0 spiro atoms. The number of ether oxygens (including phenoxy) is 2. The van der Waals surface area contributed by atoms with Crippen molar-refractivity contribution in [1.82, 2.24) is 10.5 Å². The Kier molecular flexibility index (Phi) is 7.92. The summed E-state index contributed by atoms with van der Waals surface area (Å²) in [5, 5.41) is 21.0. The molecule has 3 amide bonds. The topological polar surface area (TPSA) is 152 Å². The number of aromatic nitrogens is 1. The van der Waals surface area contributed by atoms with Crippen molar-refractivity contribution < 1.29 is 33.5 Å². The van der Waals surface area contributed by atoms with Gasteiger partial charge in [0.2, 0.25) is 5.76 Å². The van der Waals surface area contributed by atoms with E-state index in [-0.39, 0.29) is 11.7 Å². The predicted molar refractivity (Wildman–Crippen MR) is 128 cm³/mol. The van der Waals surface area contributed by atoms with Crippen LogP contribution in [0.2, 0.25) is 0 Å². The van der Waals surface area contributed by atoms with Crippen molar-refractivity contribution in [3.8, 4) is 22.8 Å². The van der Waals surface area contributed by atoms with Crippen LogP contribution in [-0.2, 0) is 4.79 Å². The number of nitrogens with one attached hydrogen (secondary N) is 3. The molecule has 0 saturated heterocycles. The predicted octanol–water partition coefficient (Wildman–Crippen LogP) is 3.84. The molecular weight excluding hydrogens is 456 g/mol. The largest absolute Gasteiger partial charge is 0.497 e. The first-order valence-electron chi connectivity index (χ1n) is 10.6. The van der Waals surface area contributed by atoms with E-state index in [1.165, 1.54) is 20.3 Å². The van der Waals surface area contributed by atoms with Crippen molar-refractivity contribution in [2.24, 2.45) is 5.92 Å². The van der Waals surface area contributed by atoms with Crippen LogP contribution in [0.4, 0.5) is 16.2 Å². The van der Waals surface area contributed by atoms with Crippen molar-refractivity contribution in [1.29, 1.82) is 0 Å². The minimum absolute atomic E-state index is 0.109. The van der Waals surface area contributed by atoms with Gasteiger partial charge in [0, 0.05) is 23.4 Å². The highest BCUT2D eigenvalue weighted by Crippen LogP contribution is 2.29. The van der Waals surface area contributed by atoms with E-state index in [0.29, 0.717) is 34.1 Å². The van der Waals surface area contributed by atoms with Gasteiger partial charge >= 0.3 is 12.0 Å². The van der Waals surface area contributed by atoms with Crippen LogP contribution in [0.15, 0.2) is 53.1 Å². The molecule has 3 aromatic rings. The summed E-state index contributed by atoms with van der Waals surface area (Å²) in [5.41, 5.74) is 2.00. The first-order chi connectivity index (χ1) is 16.7. The number of hydrogen-bond acceptors (Lipinski definition) is 7.